The lowest BCUT2D eigenvalue weighted by Gasteiger charge is -2.12. The fraction of sp³-hybridized carbons (Fsp3) is 0.562. The Balaban J connectivity index is 1.54. The van der Waals surface area contributed by atoms with Crippen LogP contribution in [0.2, 0.25) is 0 Å². The van der Waals surface area contributed by atoms with Gasteiger partial charge in [0, 0.05) is 6.04 Å². The van der Waals surface area contributed by atoms with E-state index < -0.39 is 0 Å². The van der Waals surface area contributed by atoms with Crippen molar-refractivity contribution in [3.63, 3.8) is 0 Å². The predicted molar refractivity (Wildman–Crippen MR) is 81.8 cm³/mol. The second kappa shape index (κ2) is 8.52. The molecule has 0 unspecified atom stereocenters. The van der Waals surface area contributed by atoms with Crippen LogP contribution in [0.5, 0.6) is 11.5 Å². The number of hydrogen-bond acceptors (Lipinski definition) is 4. The van der Waals surface area contributed by atoms with Crippen LogP contribution in [0.3, 0.4) is 0 Å². The lowest BCUT2D eigenvalue weighted by atomic mass is 10.2. The molecule has 2 rings (SSSR count). The first-order valence-electron chi connectivity index (χ1n) is 7.55. The van der Waals surface area contributed by atoms with E-state index in [-0.39, 0.29) is 5.91 Å². The molecule has 0 bridgehead atoms. The molecule has 21 heavy (non-hydrogen) atoms. The monoisotopic (exact) mass is 292 g/mol. The zero-order chi connectivity index (χ0) is 14.9. The van der Waals surface area contributed by atoms with Gasteiger partial charge >= 0.3 is 0 Å². The van der Waals surface area contributed by atoms with Gasteiger partial charge in [-0.25, -0.2) is 0 Å². The molecule has 2 N–H and O–H groups in total. The molecule has 1 aromatic carbocycles. The molecule has 1 fully saturated rings. The number of amides is 1. The molecule has 1 aromatic rings. The van der Waals surface area contributed by atoms with Gasteiger partial charge < -0.3 is 20.1 Å². The van der Waals surface area contributed by atoms with Crippen LogP contribution in [0.25, 0.3) is 0 Å². The largest absolute Gasteiger partial charge is 0.497 e. The summed E-state index contributed by atoms with van der Waals surface area (Å²) in [5.41, 5.74) is 0. The van der Waals surface area contributed by atoms with Gasteiger partial charge in [-0.1, -0.05) is 12.8 Å². The highest BCUT2D eigenvalue weighted by atomic mass is 16.5. The Morgan fingerprint density at radius 1 is 1.19 bits per heavy atom. The molecule has 1 aliphatic carbocycles. The van der Waals surface area contributed by atoms with Crippen molar-refractivity contribution in [2.24, 2.45) is 0 Å². The molecule has 0 atom stereocenters. The molecular formula is C16H24N2O3. The minimum Gasteiger partial charge on any atom is -0.497 e. The van der Waals surface area contributed by atoms with E-state index in [9.17, 15) is 4.79 Å². The first-order chi connectivity index (χ1) is 10.3. The number of carbonyl (C=O) groups is 1. The quantitative estimate of drug-likeness (QED) is 0.716. The smallest absolute Gasteiger partial charge is 0.234 e. The zero-order valence-electron chi connectivity index (χ0n) is 12.6. The van der Waals surface area contributed by atoms with Crippen LogP contribution < -0.4 is 20.1 Å². The highest BCUT2D eigenvalue weighted by Crippen LogP contribution is 2.17. The molecule has 0 heterocycles. The molecule has 1 amide bonds. The summed E-state index contributed by atoms with van der Waals surface area (Å²) >= 11 is 0. The summed E-state index contributed by atoms with van der Waals surface area (Å²) in [5.74, 6) is 1.60. The molecule has 5 nitrogen and oxygen atoms in total. The van der Waals surface area contributed by atoms with Gasteiger partial charge in [0.25, 0.3) is 0 Å². The third-order valence-electron chi connectivity index (χ3n) is 3.66. The lowest BCUT2D eigenvalue weighted by Crippen LogP contribution is -2.39. The second-order valence-corrected chi connectivity index (χ2v) is 5.24. The minimum atomic E-state index is 0.0280. The fourth-order valence-electron chi connectivity index (χ4n) is 2.46. The molecule has 0 spiro atoms. The number of ether oxygens (including phenoxy) is 2. The Hall–Kier alpha value is -1.75. The van der Waals surface area contributed by atoms with Crippen LogP contribution >= 0.6 is 0 Å². The predicted octanol–water partition coefficient (Wildman–Crippen LogP) is 1.72. The summed E-state index contributed by atoms with van der Waals surface area (Å²) < 4.78 is 10.6. The van der Waals surface area contributed by atoms with E-state index in [0.717, 1.165) is 11.5 Å². The zero-order valence-corrected chi connectivity index (χ0v) is 12.6. The number of nitrogens with one attached hydrogen (secondary N) is 2. The van der Waals surface area contributed by atoms with Gasteiger partial charge in [0.1, 0.15) is 18.1 Å². The second-order valence-electron chi connectivity index (χ2n) is 5.24. The van der Waals surface area contributed by atoms with Crippen molar-refractivity contribution < 1.29 is 14.3 Å². The summed E-state index contributed by atoms with van der Waals surface area (Å²) in [6, 6.07) is 7.91. The number of hydrogen-bond donors (Lipinski definition) is 2. The van der Waals surface area contributed by atoms with Crippen molar-refractivity contribution in [1.82, 2.24) is 10.6 Å². The number of methoxy groups -OCH3 is 1. The Labute approximate surface area is 126 Å². The Morgan fingerprint density at radius 3 is 2.52 bits per heavy atom. The van der Waals surface area contributed by atoms with E-state index in [4.69, 9.17) is 9.47 Å². The van der Waals surface area contributed by atoms with Gasteiger partial charge in [-0.15, -0.1) is 0 Å². The third-order valence-corrected chi connectivity index (χ3v) is 3.66. The van der Waals surface area contributed by atoms with E-state index >= 15 is 0 Å². The van der Waals surface area contributed by atoms with Gasteiger partial charge in [-0.3, -0.25) is 4.79 Å². The van der Waals surface area contributed by atoms with Gasteiger partial charge in [-0.05, 0) is 37.1 Å². The minimum absolute atomic E-state index is 0.0280. The van der Waals surface area contributed by atoms with E-state index in [0.29, 0.717) is 25.7 Å². The molecular weight excluding hydrogens is 268 g/mol. The number of benzene rings is 1. The number of carbonyl (C=O) groups excluding carboxylic acids is 1. The standard InChI is InChI=1S/C16H24N2O3/c1-20-14-6-8-15(9-7-14)21-11-10-17-16(19)12-18-13-4-2-3-5-13/h6-9,13,18H,2-5,10-12H2,1H3,(H,17,19). The van der Waals surface area contributed by atoms with E-state index in [1.807, 2.05) is 24.3 Å². The topological polar surface area (TPSA) is 59.6 Å². The maximum atomic E-state index is 11.6. The van der Waals surface area contributed by atoms with E-state index in [1.54, 1.807) is 7.11 Å². The molecule has 0 aromatic heterocycles. The summed E-state index contributed by atoms with van der Waals surface area (Å²) in [4.78, 5) is 11.6. The summed E-state index contributed by atoms with van der Waals surface area (Å²) in [5, 5.41) is 6.13. The fourth-order valence-corrected chi connectivity index (χ4v) is 2.46. The lowest BCUT2D eigenvalue weighted by molar-refractivity contribution is -0.120. The van der Waals surface area contributed by atoms with Crippen LogP contribution in [0.1, 0.15) is 25.7 Å². The first kappa shape index (κ1) is 15.6. The normalized spacial score (nSPS) is 14.9. The molecule has 0 aliphatic heterocycles. The van der Waals surface area contributed by atoms with Crippen LogP contribution in [0.4, 0.5) is 0 Å². The molecule has 0 radical (unpaired) electrons. The van der Waals surface area contributed by atoms with Crippen LogP contribution in [0, 0.1) is 0 Å². The van der Waals surface area contributed by atoms with Gasteiger partial charge in [0.05, 0.1) is 20.2 Å². The maximum Gasteiger partial charge on any atom is 0.234 e. The Morgan fingerprint density at radius 2 is 1.86 bits per heavy atom. The third kappa shape index (κ3) is 5.63. The Bertz CT molecular complexity index is 428. The van der Waals surface area contributed by atoms with Crippen molar-refractivity contribution >= 4 is 5.91 Å². The number of rotatable bonds is 8. The summed E-state index contributed by atoms with van der Waals surface area (Å²) in [6.45, 7) is 1.37. The van der Waals surface area contributed by atoms with E-state index in [2.05, 4.69) is 10.6 Å². The maximum absolute atomic E-state index is 11.6. The van der Waals surface area contributed by atoms with Gasteiger partial charge in [0.15, 0.2) is 0 Å². The van der Waals surface area contributed by atoms with Crippen LogP contribution in [-0.2, 0) is 4.79 Å². The molecule has 116 valence electrons. The van der Waals surface area contributed by atoms with Gasteiger partial charge in [-0.2, -0.15) is 0 Å². The van der Waals surface area contributed by atoms with Crippen molar-refractivity contribution in [2.75, 3.05) is 26.8 Å². The highest BCUT2D eigenvalue weighted by Gasteiger charge is 2.14. The first-order valence-corrected chi connectivity index (χ1v) is 7.55. The summed E-state index contributed by atoms with van der Waals surface area (Å²) in [6.07, 6.45) is 4.92. The SMILES string of the molecule is COc1ccc(OCCNC(=O)CNC2CCCC2)cc1. The molecule has 5 heteroatoms. The van der Waals surface area contributed by atoms with E-state index in [1.165, 1.54) is 25.7 Å². The van der Waals surface area contributed by atoms with Crippen LogP contribution in [0.15, 0.2) is 24.3 Å². The molecule has 1 saturated carbocycles. The van der Waals surface area contributed by atoms with Crippen LogP contribution in [-0.4, -0.2) is 38.8 Å². The Kier molecular flexibility index (Phi) is 6.34. The average Bonchev–Trinajstić information content (AvgIpc) is 3.03. The average molecular weight is 292 g/mol. The molecule has 0 saturated heterocycles. The summed E-state index contributed by atoms with van der Waals surface area (Å²) in [7, 11) is 1.63. The van der Waals surface area contributed by atoms with Crippen molar-refractivity contribution in [3.8, 4) is 11.5 Å². The highest BCUT2D eigenvalue weighted by molar-refractivity contribution is 5.77. The van der Waals surface area contributed by atoms with Crippen molar-refractivity contribution in [1.29, 1.82) is 0 Å². The van der Waals surface area contributed by atoms with Gasteiger partial charge in [0.2, 0.25) is 5.91 Å². The molecule has 1 aliphatic rings. The van der Waals surface area contributed by atoms with Crippen molar-refractivity contribution in [2.45, 2.75) is 31.7 Å². The van der Waals surface area contributed by atoms with Crippen molar-refractivity contribution in [3.05, 3.63) is 24.3 Å².